The van der Waals surface area contributed by atoms with Gasteiger partial charge in [0, 0.05) is 22.9 Å². The molecule has 1 fully saturated rings. The summed E-state index contributed by atoms with van der Waals surface area (Å²) in [6.45, 7) is 0. The zero-order valence-corrected chi connectivity index (χ0v) is 9.38. The normalized spacial score (nSPS) is 26.9. The van der Waals surface area contributed by atoms with Crippen LogP contribution in [0.2, 0.25) is 0 Å². The van der Waals surface area contributed by atoms with Gasteiger partial charge in [-0.25, -0.2) is 0 Å². The van der Waals surface area contributed by atoms with Crippen molar-refractivity contribution in [2.45, 2.75) is 24.8 Å². The molecule has 74 valence electrons. The van der Waals surface area contributed by atoms with E-state index in [1.165, 1.54) is 0 Å². The first kappa shape index (κ1) is 9.87. The zero-order valence-electron chi connectivity index (χ0n) is 7.79. The van der Waals surface area contributed by atoms with E-state index in [4.69, 9.17) is 5.73 Å². The maximum absolute atomic E-state index is 11.2. The highest BCUT2D eigenvalue weighted by atomic mass is 79.9. The molecule has 3 heteroatoms. The van der Waals surface area contributed by atoms with Crippen LogP contribution in [0.3, 0.4) is 0 Å². The van der Waals surface area contributed by atoms with Crippen molar-refractivity contribution in [2.75, 3.05) is 0 Å². The van der Waals surface area contributed by atoms with Crippen molar-refractivity contribution in [1.29, 1.82) is 0 Å². The van der Waals surface area contributed by atoms with E-state index >= 15 is 0 Å². The number of rotatable bonds is 1. The van der Waals surface area contributed by atoms with E-state index in [0.29, 0.717) is 12.8 Å². The molecule has 1 aliphatic carbocycles. The standard InChI is InChI=1S/C11H12BrNO/c12-10-4-2-1-3-9(10)11(13)6-5-8(14)7-11/h1-4H,5-7,13H2. The molecule has 0 heterocycles. The van der Waals surface area contributed by atoms with Gasteiger partial charge in [0.1, 0.15) is 5.78 Å². The summed E-state index contributed by atoms with van der Waals surface area (Å²) in [5.74, 6) is 0.267. The van der Waals surface area contributed by atoms with Gasteiger partial charge in [0.25, 0.3) is 0 Å². The third kappa shape index (κ3) is 1.62. The molecule has 1 unspecified atom stereocenters. The Morgan fingerprint density at radius 1 is 1.36 bits per heavy atom. The van der Waals surface area contributed by atoms with Gasteiger partial charge >= 0.3 is 0 Å². The Bertz CT molecular complexity index is 377. The fourth-order valence-corrected chi connectivity index (χ4v) is 2.67. The van der Waals surface area contributed by atoms with Gasteiger partial charge in [-0.05, 0) is 18.1 Å². The summed E-state index contributed by atoms with van der Waals surface area (Å²) in [7, 11) is 0. The third-order valence-corrected chi connectivity index (χ3v) is 3.46. The molecule has 1 aromatic rings. The molecular weight excluding hydrogens is 242 g/mol. The van der Waals surface area contributed by atoms with Gasteiger partial charge in [-0.3, -0.25) is 4.79 Å². The maximum Gasteiger partial charge on any atom is 0.135 e. The lowest BCUT2D eigenvalue weighted by Gasteiger charge is -2.24. The number of benzene rings is 1. The molecule has 14 heavy (non-hydrogen) atoms. The van der Waals surface area contributed by atoms with Crippen LogP contribution in [0, 0.1) is 0 Å². The van der Waals surface area contributed by atoms with Gasteiger partial charge in [0.2, 0.25) is 0 Å². The smallest absolute Gasteiger partial charge is 0.135 e. The quantitative estimate of drug-likeness (QED) is 0.835. The molecule has 0 amide bonds. The monoisotopic (exact) mass is 253 g/mol. The van der Waals surface area contributed by atoms with Gasteiger partial charge < -0.3 is 5.73 Å². The van der Waals surface area contributed by atoms with E-state index in [1.807, 2.05) is 24.3 Å². The molecule has 2 N–H and O–H groups in total. The van der Waals surface area contributed by atoms with Gasteiger partial charge in [0.15, 0.2) is 0 Å². The summed E-state index contributed by atoms with van der Waals surface area (Å²) in [5, 5.41) is 0. The topological polar surface area (TPSA) is 43.1 Å². The number of Topliss-reactive ketones (excluding diaryl/α,β-unsaturated/α-hetero) is 1. The number of nitrogens with two attached hydrogens (primary N) is 1. The Balaban J connectivity index is 2.40. The number of hydrogen-bond acceptors (Lipinski definition) is 2. The van der Waals surface area contributed by atoms with Crippen LogP contribution in [0.15, 0.2) is 28.7 Å². The first-order valence-electron chi connectivity index (χ1n) is 4.67. The molecule has 0 aliphatic heterocycles. The van der Waals surface area contributed by atoms with Gasteiger partial charge in [0.05, 0.1) is 0 Å². The summed E-state index contributed by atoms with van der Waals surface area (Å²) in [5.41, 5.74) is 6.82. The van der Waals surface area contributed by atoms with E-state index in [2.05, 4.69) is 15.9 Å². The Labute approximate surface area is 91.6 Å². The van der Waals surface area contributed by atoms with Crippen LogP contribution in [-0.4, -0.2) is 5.78 Å². The van der Waals surface area contributed by atoms with Crippen molar-refractivity contribution in [3.8, 4) is 0 Å². The summed E-state index contributed by atoms with van der Waals surface area (Å²) in [4.78, 5) is 11.2. The minimum Gasteiger partial charge on any atom is -0.321 e. The van der Waals surface area contributed by atoms with Crippen LogP contribution >= 0.6 is 15.9 Å². The molecule has 2 nitrogen and oxygen atoms in total. The lowest BCUT2D eigenvalue weighted by molar-refractivity contribution is -0.117. The second-order valence-corrected chi connectivity index (χ2v) is 4.71. The Morgan fingerprint density at radius 3 is 2.64 bits per heavy atom. The van der Waals surface area contributed by atoms with Crippen LogP contribution in [0.5, 0.6) is 0 Å². The summed E-state index contributed by atoms with van der Waals surface area (Å²) in [6.07, 6.45) is 1.84. The Hall–Kier alpha value is -0.670. The molecule has 0 bridgehead atoms. The lowest BCUT2D eigenvalue weighted by atomic mass is 9.89. The molecule has 0 aromatic heterocycles. The first-order chi connectivity index (χ1) is 6.62. The van der Waals surface area contributed by atoms with Crippen molar-refractivity contribution in [1.82, 2.24) is 0 Å². The van der Waals surface area contributed by atoms with Gasteiger partial charge in [-0.15, -0.1) is 0 Å². The molecule has 1 aliphatic rings. The number of carbonyl (C=O) groups excluding carboxylic acids is 1. The molecule has 1 saturated carbocycles. The summed E-state index contributed by atoms with van der Waals surface area (Å²) in [6, 6.07) is 7.86. The maximum atomic E-state index is 11.2. The minimum atomic E-state index is -0.447. The number of halogens is 1. The highest BCUT2D eigenvalue weighted by Gasteiger charge is 2.37. The summed E-state index contributed by atoms with van der Waals surface area (Å²) >= 11 is 3.47. The minimum absolute atomic E-state index is 0.267. The number of ketones is 1. The fourth-order valence-electron chi connectivity index (χ4n) is 1.99. The molecule has 0 spiro atoms. The van der Waals surface area contributed by atoms with Crippen LogP contribution < -0.4 is 5.73 Å². The zero-order chi connectivity index (χ0) is 10.2. The summed E-state index contributed by atoms with van der Waals surface area (Å²) < 4.78 is 0.997. The molecule has 0 saturated heterocycles. The Kier molecular flexibility index (Phi) is 2.45. The Morgan fingerprint density at radius 2 is 2.07 bits per heavy atom. The lowest BCUT2D eigenvalue weighted by Crippen LogP contribution is -2.34. The van der Waals surface area contributed by atoms with E-state index < -0.39 is 5.54 Å². The molecule has 2 rings (SSSR count). The predicted molar refractivity (Wildman–Crippen MR) is 58.9 cm³/mol. The largest absolute Gasteiger partial charge is 0.321 e. The van der Waals surface area contributed by atoms with Crippen LogP contribution in [-0.2, 0) is 10.3 Å². The molecule has 1 aromatic carbocycles. The van der Waals surface area contributed by atoms with Crippen LogP contribution in [0.4, 0.5) is 0 Å². The van der Waals surface area contributed by atoms with Crippen molar-refractivity contribution in [3.63, 3.8) is 0 Å². The van der Waals surface area contributed by atoms with E-state index in [1.54, 1.807) is 0 Å². The van der Waals surface area contributed by atoms with Gasteiger partial charge in [-0.1, -0.05) is 34.1 Å². The molecule has 1 atom stereocenters. The third-order valence-electron chi connectivity index (χ3n) is 2.77. The van der Waals surface area contributed by atoms with Crippen molar-refractivity contribution in [2.24, 2.45) is 5.73 Å². The fraction of sp³-hybridized carbons (Fsp3) is 0.364. The first-order valence-corrected chi connectivity index (χ1v) is 5.47. The highest BCUT2D eigenvalue weighted by Crippen LogP contribution is 2.37. The van der Waals surface area contributed by atoms with Crippen LogP contribution in [0.25, 0.3) is 0 Å². The van der Waals surface area contributed by atoms with Gasteiger partial charge in [-0.2, -0.15) is 0 Å². The van der Waals surface area contributed by atoms with E-state index in [9.17, 15) is 4.79 Å². The second kappa shape index (κ2) is 3.48. The SMILES string of the molecule is NC1(c2ccccc2Br)CCC(=O)C1. The van der Waals surface area contributed by atoms with Crippen molar-refractivity contribution < 1.29 is 4.79 Å². The van der Waals surface area contributed by atoms with E-state index in [0.717, 1.165) is 16.5 Å². The number of carbonyl (C=O) groups is 1. The average Bonchev–Trinajstić information content (AvgIpc) is 2.48. The second-order valence-electron chi connectivity index (χ2n) is 3.85. The predicted octanol–water partition coefficient (Wildman–Crippen LogP) is 2.36. The average molecular weight is 254 g/mol. The van der Waals surface area contributed by atoms with Crippen molar-refractivity contribution >= 4 is 21.7 Å². The highest BCUT2D eigenvalue weighted by molar-refractivity contribution is 9.10. The van der Waals surface area contributed by atoms with Crippen LogP contribution in [0.1, 0.15) is 24.8 Å². The molecular formula is C11H12BrNO. The van der Waals surface area contributed by atoms with E-state index in [-0.39, 0.29) is 5.78 Å². The van der Waals surface area contributed by atoms with Crippen molar-refractivity contribution in [3.05, 3.63) is 34.3 Å². The molecule has 0 radical (unpaired) electrons. The number of hydrogen-bond donors (Lipinski definition) is 1.